The van der Waals surface area contributed by atoms with Crippen LogP contribution in [0.1, 0.15) is 35.4 Å². The molecule has 204 valence electrons. The number of nitrogens with zero attached hydrogens (tertiary/aromatic N) is 1. The van der Waals surface area contributed by atoms with Crippen LogP contribution in [0.15, 0.2) is 89.9 Å². The third-order valence-electron chi connectivity index (χ3n) is 6.14. The van der Waals surface area contributed by atoms with Crippen LogP contribution in [0.4, 0.5) is 0 Å². The molecule has 3 rings (SSSR count). The van der Waals surface area contributed by atoms with E-state index in [1.165, 1.54) is 12.1 Å². The van der Waals surface area contributed by atoms with Crippen molar-refractivity contribution >= 4 is 23.7 Å². The van der Waals surface area contributed by atoms with Crippen LogP contribution in [-0.2, 0) is 20.8 Å². The lowest BCUT2D eigenvalue weighted by Crippen LogP contribution is -2.54. The van der Waals surface area contributed by atoms with Crippen molar-refractivity contribution in [2.45, 2.75) is 37.3 Å². The van der Waals surface area contributed by atoms with E-state index in [0.29, 0.717) is 12.0 Å². The zero-order chi connectivity index (χ0) is 28.2. The lowest BCUT2D eigenvalue weighted by molar-refractivity contribution is -0.131. The zero-order valence-corrected chi connectivity index (χ0v) is 21.5. The second-order valence-corrected chi connectivity index (χ2v) is 9.10. The van der Waals surface area contributed by atoms with E-state index in [2.05, 4.69) is 15.6 Å². The van der Waals surface area contributed by atoms with E-state index in [9.17, 15) is 19.5 Å². The molecule has 0 radical (unpaired) electrons. The second kappa shape index (κ2) is 14.2. The number of aliphatic imine (C=N–C) groups is 1. The summed E-state index contributed by atoms with van der Waals surface area (Å²) in [6.45, 7) is 0.259. The van der Waals surface area contributed by atoms with Crippen molar-refractivity contribution in [3.63, 3.8) is 0 Å². The highest BCUT2D eigenvalue weighted by atomic mass is 16.3. The molecule has 3 amide bonds. The van der Waals surface area contributed by atoms with Crippen LogP contribution >= 0.6 is 0 Å². The number of phenols is 1. The Morgan fingerprint density at radius 3 is 1.79 bits per heavy atom. The van der Waals surface area contributed by atoms with Gasteiger partial charge in [-0.1, -0.05) is 72.8 Å². The van der Waals surface area contributed by atoms with Crippen molar-refractivity contribution in [2.75, 3.05) is 6.54 Å². The molecular weight excluding hydrogens is 496 g/mol. The number of rotatable bonds is 13. The van der Waals surface area contributed by atoms with Crippen molar-refractivity contribution in [3.05, 3.63) is 102 Å². The maximum Gasteiger partial charge on any atom is 0.243 e. The smallest absolute Gasteiger partial charge is 0.243 e. The number of carbonyl (C=O) groups is 3. The summed E-state index contributed by atoms with van der Waals surface area (Å²) in [6, 6.07) is 22.7. The van der Waals surface area contributed by atoms with Gasteiger partial charge in [0.1, 0.15) is 17.8 Å². The molecule has 9 N–H and O–H groups in total. The number of hydrogen-bond donors (Lipinski definition) is 6. The number of aromatic hydroxyl groups is 1. The number of benzene rings is 3. The maximum atomic E-state index is 13.7. The summed E-state index contributed by atoms with van der Waals surface area (Å²) in [4.78, 5) is 43.2. The molecule has 0 heterocycles. The van der Waals surface area contributed by atoms with Gasteiger partial charge in [0.25, 0.3) is 0 Å². The molecule has 10 heteroatoms. The third-order valence-corrected chi connectivity index (χ3v) is 6.14. The van der Waals surface area contributed by atoms with Crippen LogP contribution in [0.3, 0.4) is 0 Å². The highest BCUT2D eigenvalue weighted by Gasteiger charge is 2.29. The summed E-state index contributed by atoms with van der Waals surface area (Å²) in [5.74, 6) is -2.32. The molecule has 39 heavy (non-hydrogen) atoms. The number of amides is 3. The molecule has 2 atom stereocenters. The average Bonchev–Trinajstić information content (AvgIpc) is 2.92. The van der Waals surface area contributed by atoms with Gasteiger partial charge in [0.15, 0.2) is 5.96 Å². The van der Waals surface area contributed by atoms with Gasteiger partial charge in [0, 0.05) is 13.0 Å². The molecule has 0 unspecified atom stereocenters. The normalized spacial score (nSPS) is 12.2. The summed E-state index contributed by atoms with van der Waals surface area (Å²) in [5, 5.41) is 15.1. The number of guanidine groups is 1. The summed E-state index contributed by atoms with van der Waals surface area (Å²) < 4.78 is 0. The average molecular weight is 531 g/mol. The van der Waals surface area contributed by atoms with Crippen LogP contribution in [0.5, 0.6) is 5.75 Å². The first-order valence-electron chi connectivity index (χ1n) is 12.6. The number of carbonyl (C=O) groups excluding carboxylic acids is 3. The van der Waals surface area contributed by atoms with Crippen molar-refractivity contribution < 1.29 is 19.5 Å². The number of hydrogen-bond acceptors (Lipinski definition) is 5. The lowest BCUT2D eigenvalue weighted by Gasteiger charge is -2.25. The van der Waals surface area contributed by atoms with E-state index in [1.807, 2.05) is 60.7 Å². The fraction of sp³-hybridized carbons (Fsp3) is 0.241. The van der Waals surface area contributed by atoms with Gasteiger partial charge in [-0.2, -0.15) is 0 Å². The van der Waals surface area contributed by atoms with E-state index in [0.717, 1.165) is 11.1 Å². The van der Waals surface area contributed by atoms with Gasteiger partial charge >= 0.3 is 0 Å². The first-order chi connectivity index (χ1) is 18.7. The lowest BCUT2D eigenvalue weighted by atomic mass is 9.90. The van der Waals surface area contributed by atoms with E-state index in [4.69, 9.17) is 17.2 Å². The molecule has 0 aliphatic carbocycles. The highest BCUT2D eigenvalue weighted by Crippen LogP contribution is 2.25. The minimum atomic E-state index is -1.03. The quantitative estimate of drug-likeness (QED) is 0.110. The Kier molecular flexibility index (Phi) is 10.4. The zero-order valence-electron chi connectivity index (χ0n) is 21.5. The number of nitrogens with one attached hydrogen (secondary N) is 2. The van der Waals surface area contributed by atoms with Crippen molar-refractivity contribution in [2.24, 2.45) is 22.2 Å². The van der Waals surface area contributed by atoms with Crippen molar-refractivity contribution in [3.8, 4) is 5.75 Å². The Bertz CT molecular complexity index is 1220. The maximum absolute atomic E-state index is 13.7. The molecule has 0 spiro atoms. The van der Waals surface area contributed by atoms with Crippen LogP contribution in [0.25, 0.3) is 0 Å². The Hall–Kier alpha value is -4.86. The predicted octanol–water partition coefficient (Wildman–Crippen LogP) is 1.28. The summed E-state index contributed by atoms with van der Waals surface area (Å²) in [6.07, 6.45) is 0.735. The Balaban J connectivity index is 1.82. The van der Waals surface area contributed by atoms with E-state index >= 15 is 0 Å². The van der Waals surface area contributed by atoms with Crippen molar-refractivity contribution in [1.29, 1.82) is 0 Å². The first kappa shape index (κ1) is 28.7. The Labute approximate surface area is 227 Å². The fourth-order valence-corrected chi connectivity index (χ4v) is 4.18. The SMILES string of the molecule is NC(=O)[C@H](Cc1ccc(O)cc1)NC(=O)[C@@H](CCCN=C(N)N)NC(=O)C(c1ccccc1)c1ccccc1. The molecule has 3 aromatic carbocycles. The minimum absolute atomic E-state index is 0.0732. The molecule has 3 aromatic rings. The fourth-order valence-electron chi connectivity index (χ4n) is 4.18. The van der Waals surface area contributed by atoms with E-state index in [-0.39, 0.29) is 37.0 Å². The van der Waals surface area contributed by atoms with Gasteiger partial charge in [0.2, 0.25) is 17.7 Å². The van der Waals surface area contributed by atoms with Crippen LogP contribution in [-0.4, -0.2) is 47.4 Å². The Morgan fingerprint density at radius 2 is 1.28 bits per heavy atom. The van der Waals surface area contributed by atoms with Gasteiger partial charge in [-0.05, 0) is 41.7 Å². The number of primary amides is 1. The van der Waals surface area contributed by atoms with E-state index in [1.54, 1.807) is 12.1 Å². The van der Waals surface area contributed by atoms with Gasteiger partial charge in [0.05, 0.1) is 5.92 Å². The standard InChI is InChI=1S/C29H34N6O4/c30-26(37)24(18-19-13-15-22(36)16-14-19)35-27(38)23(12-7-17-33-29(31)32)34-28(39)25(20-8-3-1-4-9-20)21-10-5-2-6-11-21/h1-6,8-11,13-16,23-25,36H,7,12,17-18H2,(H2,30,37)(H,34,39)(H,35,38)(H4,31,32,33)/t23-,24+/m1/s1. The third kappa shape index (κ3) is 8.89. The first-order valence-corrected chi connectivity index (χ1v) is 12.6. The van der Waals surface area contributed by atoms with E-state index < -0.39 is 29.8 Å². The monoisotopic (exact) mass is 530 g/mol. The minimum Gasteiger partial charge on any atom is -0.508 e. The van der Waals surface area contributed by atoms with Gasteiger partial charge < -0.3 is 32.9 Å². The van der Waals surface area contributed by atoms with Gasteiger partial charge in [-0.3, -0.25) is 19.4 Å². The molecule has 0 aliphatic heterocycles. The van der Waals surface area contributed by atoms with Crippen LogP contribution in [0.2, 0.25) is 0 Å². The van der Waals surface area contributed by atoms with Gasteiger partial charge in [-0.15, -0.1) is 0 Å². The molecule has 0 saturated heterocycles. The van der Waals surface area contributed by atoms with Gasteiger partial charge in [-0.25, -0.2) is 0 Å². The molecule has 0 aliphatic rings. The Morgan fingerprint density at radius 1 is 0.744 bits per heavy atom. The predicted molar refractivity (Wildman–Crippen MR) is 150 cm³/mol. The summed E-state index contributed by atoms with van der Waals surface area (Å²) >= 11 is 0. The largest absolute Gasteiger partial charge is 0.508 e. The molecule has 10 nitrogen and oxygen atoms in total. The van der Waals surface area contributed by atoms with Crippen LogP contribution < -0.4 is 27.8 Å². The molecule has 0 saturated carbocycles. The molecule has 0 fully saturated rings. The highest BCUT2D eigenvalue weighted by molar-refractivity contribution is 5.94. The second-order valence-electron chi connectivity index (χ2n) is 9.10. The summed E-state index contributed by atoms with van der Waals surface area (Å²) in [7, 11) is 0. The van der Waals surface area contributed by atoms with Crippen LogP contribution in [0, 0.1) is 0 Å². The topological polar surface area (TPSA) is 186 Å². The summed E-state index contributed by atoms with van der Waals surface area (Å²) in [5.41, 5.74) is 18.6. The molecular formula is C29H34N6O4. The number of nitrogens with two attached hydrogens (primary N) is 3. The molecule has 0 bridgehead atoms. The van der Waals surface area contributed by atoms with Crippen molar-refractivity contribution in [1.82, 2.24) is 10.6 Å². The molecule has 0 aromatic heterocycles. The number of phenolic OH excluding ortho intramolecular Hbond substituents is 1.